The van der Waals surface area contributed by atoms with E-state index in [0.29, 0.717) is 6.61 Å². The summed E-state index contributed by atoms with van der Waals surface area (Å²) in [5, 5.41) is 0. The summed E-state index contributed by atoms with van der Waals surface area (Å²) in [6, 6.07) is 5.87. The lowest BCUT2D eigenvalue weighted by Gasteiger charge is -2.46. The van der Waals surface area contributed by atoms with Crippen LogP contribution in [0.25, 0.3) is 0 Å². The van der Waals surface area contributed by atoms with E-state index in [9.17, 15) is 4.79 Å². The van der Waals surface area contributed by atoms with Crippen molar-refractivity contribution in [2.45, 2.75) is 32.1 Å². The van der Waals surface area contributed by atoms with Gasteiger partial charge < -0.3 is 19.1 Å². The lowest BCUT2D eigenvalue weighted by atomic mass is 9.73. The highest BCUT2D eigenvalue weighted by molar-refractivity contribution is 5.80. The number of ether oxygens (including phenoxy) is 3. The van der Waals surface area contributed by atoms with Crippen molar-refractivity contribution in [1.29, 1.82) is 0 Å². The van der Waals surface area contributed by atoms with Gasteiger partial charge in [0.05, 0.1) is 13.0 Å². The van der Waals surface area contributed by atoms with E-state index in [1.165, 1.54) is 6.42 Å². The molecule has 25 heavy (non-hydrogen) atoms. The Kier molecular flexibility index (Phi) is 4.59. The molecule has 2 saturated heterocycles. The lowest BCUT2D eigenvalue weighted by molar-refractivity contribution is -0.142. The number of benzene rings is 1. The van der Waals surface area contributed by atoms with Crippen molar-refractivity contribution in [3.05, 3.63) is 23.8 Å². The second kappa shape index (κ2) is 6.87. The normalized spacial score (nSPS) is 25.2. The second-order valence-electron chi connectivity index (χ2n) is 7.66. The minimum Gasteiger partial charge on any atom is -0.497 e. The number of hydrogen-bond donors (Lipinski definition) is 0. The zero-order chi connectivity index (χ0) is 17.3. The number of rotatable bonds is 2. The van der Waals surface area contributed by atoms with Crippen molar-refractivity contribution in [1.82, 2.24) is 4.90 Å². The molecule has 3 aliphatic rings. The molecule has 1 aromatic carbocycles. The molecule has 1 spiro atoms. The predicted octanol–water partition coefficient (Wildman–Crippen LogP) is 2.67. The maximum atomic E-state index is 13.1. The monoisotopic (exact) mass is 345 g/mol. The van der Waals surface area contributed by atoms with Gasteiger partial charge in [0.25, 0.3) is 0 Å². The number of nitrogens with zero attached hydrogens (tertiary/aromatic N) is 1. The van der Waals surface area contributed by atoms with Crippen molar-refractivity contribution in [3.63, 3.8) is 0 Å². The number of carbonyl (C=O) groups is 1. The smallest absolute Gasteiger partial charge is 0.229 e. The van der Waals surface area contributed by atoms with Gasteiger partial charge in [-0.3, -0.25) is 4.79 Å². The second-order valence-corrected chi connectivity index (χ2v) is 7.66. The third-order valence-corrected chi connectivity index (χ3v) is 6.06. The van der Waals surface area contributed by atoms with E-state index in [2.05, 4.69) is 4.90 Å². The Morgan fingerprint density at radius 1 is 1.28 bits per heavy atom. The summed E-state index contributed by atoms with van der Waals surface area (Å²) in [5.41, 5.74) is 1.38. The van der Waals surface area contributed by atoms with Crippen LogP contribution in [0.5, 0.6) is 11.5 Å². The summed E-state index contributed by atoms with van der Waals surface area (Å²) in [5.74, 6) is 1.83. The maximum absolute atomic E-state index is 13.1. The van der Waals surface area contributed by atoms with E-state index in [1.807, 2.05) is 18.2 Å². The third kappa shape index (κ3) is 3.34. The minimum atomic E-state index is -0.0733. The number of likely N-dealkylation sites (tertiary alicyclic amines) is 1. The highest BCUT2D eigenvalue weighted by Crippen LogP contribution is 2.40. The standard InChI is InChI=1S/C20H27NO4/c1-23-17-4-3-15-11-16(13-25-18(15)12-17)19(22)21-8-2-5-20(14-21)6-9-24-10-7-20/h3-4,12,16H,2,5-11,13-14H2,1H3. The van der Waals surface area contributed by atoms with Crippen LogP contribution in [-0.2, 0) is 16.0 Å². The Hall–Kier alpha value is -1.75. The Labute approximate surface area is 149 Å². The predicted molar refractivity (Wildman–Crippen MR) is 94.0 cm³/mol. The van der Waals surface area contributed by atoms with Crippen LogP contribution in [-0.4, -0.2) is 50.8 Å². The van der Waals surface area contributed by atoms with Gasteiger partial charge in [-0.2, -0.15) is 0 Å². The van der Waals surface area contributed by atoms with E-state index in [-0.39, 0.29) is 17.2 Å². The van der Waals surface area contributed by atoms with Crippen molar-refractivity contribution < 1.29 is 19.0 Å². The van der Waals surface area contributed by atoms with E-state index in [0.717, 1.165) is 69.0 Å². The number of carbonyl (C=O) groups excluding carboxylic acids is 1. The summed E-state index contributed by atoms with van der Waals surface area (Å²) in [6.45, 7) is 3.91. The molecule has 5 nitrogen and oxygen atoms in total. The highest BCUT2D eigenvalue weighted by Gasteiger charge is 2.40. The first kappa shape index (κ1) is 16.7. The van der Waals surface area contributed by atoms with E-state index < -0.39 is 0 Å². The van der Waals surface area contributed by atoms with Crippen molar-refractivity contribution in [3.8, 4) is 11.5 Å². The number of fused-ring (bicyclic) bond motifs is 1. The molecule has 1 unspecified atom stereocenters. The van der Waals surface area contributed by atoms with Gasteiger partial charge in [-0.05, 0) is 49.1 Å². The molecule has 3 aliphatic heterocycles. The Morgan fingerprint density at radius 2 is 2.12 bits per heavy atom. The molecular formula is C20H27NO4. The van der Waals surface area contributed by atoms with E-state index in [4.69, 9.17) is 14.2 Å². The fourth-order valence-corrected chi connectivity index (χ4v) is 4.50. The van der Waals surface area contributed by atoms with Gasteiger partial charge in [0.2, 0.25) is 5.91 Å². The molecule has 4 rings (SSSR count). The van der Waals surface area contributed by atoms with E-state index >= 15 is 0 Å². The lowest BCUT2D eigenvalue weighted by Crippen LogP contribution is -2.51. The van der Waals surface area contributed by atoms with Gasteiger partial charge in [0.15, 0.2) is 0 Å². The van der Waals surface area contributed by atoms with Crippen molar-refractivity contribution in [2.24, 2.45) is 11.3 Å². The van der Waals surface area contributed by atoms with Crippen molar-refractivity contribution >= 4 is 5.91 Å². The van der Waals surface area contributed by atoms with Crippen LogP contribution in [0.1, 0.15) is 31.2 Å². The number of methoxy groups -OCH3 is 1. The average Bonchev–Trinajstić information content (AvgIpc) is 2.67. The average molecular weight is 345 g/mol. The molecule has 0 aliphatic carbocycles. The Balaban J connectivity index is 1.44. The highest BCUT2D eigenvalue weighted by atomic mass is 16.5. The number of amides is 1. The van der Waals surface area contributed by atoms with E-state index in [1.54, 1.807) is 7.11 Å². The maximum Gasteiger partial charge on any atom is 0.229 e. The first-order valence-corrected chi connectivity index (χ1v) is 9.35. The summed E-state index contributed by atoms with van der Waals surface area (Å²) in [6.07, 6.45) is 5.25. The van der Waals surface area contributed by atoms with Gasteiger partial charge in [0.1, 0.15) is 18.1 Å². The fourth-order valence-electron chi connectivity index (χ4n) is 4.50. The van der Waals surface area contributed by atoms with Crippen molar-refractivity contribution in [2.75, 3.05) is 40.0 Å². The Morgan fingerprint density at radius 3 is 2.92 bits per heavy atom. The van der Waals surface area contributed by atoms with Crippen LogP contribution in [0.3, 0.4) is 0 Å². The fraction of sp³-hybridized carbons (Fsp3) is 0.650. The quantitative estimate of drug-likeness (QED) is 0.827. The summed E-state index contributed by atoms with van der Waals surface area (Å²) < 4.78 is 16.7. The van der Waals surface area contributed by atoms with Crippen LogP contribution in [0.15, 0.2) is 18.2 Å². The molecule has 0 radical (unpaired) electrons. The van der Waals surface area contributed by atoms with Gasteiger partial charge in [0, 0.05) is 32.4 Å². The van der Waals surface area contributed by atoms with Crippen LogP contribution < -0.4 is 9.47 Å². The van der Waals surface area contributed by atoms with Crippen LogP contribution in [0.4, 0.5) is 0 Å². The SMILES string of the molecule is COc1ccc2c(c1)OCC(C(=O)N1CCCC3(CCOCC3)C1)C2. The minimum absolute atomic E-state index is 0.0733. The third-order valence-electron chi connectivity index (χ3n) is 6.06. The topological polar surface area (TPSA) is 48.0 Å². The zero-order valence-corrected chi connectivity index (χ0v) is 15.0. The van der Waals surface area contributed by atoms with Gasteiger partial charge in [-0.1, -0.05) is 6.07 Å². The molecule has 2 fully saturated rings. The molecule has 136 valence electrons. The molecule has 3 heterocycles. The molecule has 1 amide bonds. The molecule has 0 aromatic heterocycles. The van der Waals surface area contributed by atoms with Crippen LogP contribution >= 0.6 is 0 Å². The van der Waals surface area contributed by atoms with Crippen LogP contribution in [0.2, 0.25) is 0 Å². The number of hydrogen-bond acceptors (Lipinski definition) is 4. The summed E-state index contributed by atoms with van der Waals surface area (Å²) in [7, 11) is 1.65. The first-order valence-electron chi connectivity index (χ1n) is 9.35. The molecule has 1 atom stereocenters. The molecule has 0 saturated carbocycles. The summed E-state index contributed by atoms with van der Waals surface area (Å²) in [4.78, 5) is 15.2. The molecule has 0 bridgehead atoms. The Bertz CT molecular complexity index is 633. The van der Waals surface area contributed by atoms with Gasteiger partial charge in [-0.15, -0.1) is 0 Å². The van der Waals surface area contributed by atoms with Gasteiger partial charge >= 0.3 is 0 Å². The molecule has 1 aromatic rings. The molecule has 5 heteroatoms. The molecule has 0 N–H and O–H groups in total. The van der Waals surface area contributed by atoms with Crippen LogP contribution in [0, 0.1) is 11.3 Å². The largest absolute Gasteiger partial charge is 0.497 e. The van der Waals surface area contributed by atoms with Gasteiger partial charge in [-0.25, -0.2) is 0 Å². The summed E-state index contributed by atoms with van der Waals surface area (Å²) >= 11 is 0. The number of piperidine rings is 1. The first-order chi connectivity index (χ1) is 12.2. The zero-order valence-electron chi connectivity index (χ0n) is 15.0. The molecular weight excluding hydrogens is 318 g/mol.